The van der Waals surface area contributed by atoms with Gasteiger partial charge in [-0.05, 0) is 11.1 Å². The first-order chi connectivity index (χ1) is 13.9. The van der Waals surface area contributed by atoms with Crippen molar-refractivity contribution >= 4 is 17.3 Å². The van der Waals surface area contributed by atoms with Gasteiger partial charge in [0, 0.05) is 25.2 Å². The maximum atomic E-state index is 13.2. The van der Waals surface area contributed by atoms with Crippen LogP contribution >= 0.6 is 0 Å². The Bertz CT molecular complexity index is 965. The first-order valence-corrected chi connectivity index (χ1v) is 8.75. The molecular formula is C21H17N3O5. The molecule has 8 nitrogen and oxygen atoms in total. The Morgan fingerprint density at radius 3 is 1.52 bits per heavy atom. The van der Waals surface area contributed by atoms with Crippen LogP contribution in [-0.4, -0.2) is 20.7 Å². The zero-order valence-electron chi connectivity index (χ0n) is 15.3. The topological polar surface area (TPSA) is 107 Å². The lowest BCUT2D eigenvalue weighted by Gasteiger charge is -2.23. The summed E-state index contributed by atoms with van der Waals surface area (Å²) in [6, 6.07) is 21.5. The second-order valence-corrected chi connectivity index (χ2v) is 6.38. The summed E-state index contributed by atoms with van der Waals surface area (Å²) in [7, 11) is 0. The first-order valence-electron chi connectivity index (χ1n) is 8.75. The van der Waals surface area contributed by atoms with E-state index in [9.17, 15) is 25.0 Å². The highest BCUT2D eigenvalue weighted by atomic mass is 16.6. The van der Waals surface area contributed by atoms with Crippen molar-refractivity contribution in [1.82, 2.24) is 4.90 Å². The fraction of sp³-hybridized carbons (Fsp3) is 0.0952. The van der Waals surface area contributed by atoms with Gasteiger partial charge in [-0.25, -0.2) is 0 Å². The molecule has 146 valence electrons. The van der Waals surface area contributed by atoms with Crippen LogP contribution in [0.25, 0.3) is 0 Å². The van der Waals surface area contributed by atoms with E-state index in [-0.39, 0.29) is 18.7 Å². The third-order valence-corrected chi connectivity index (χ3v) is 4.29. The van der Waals surface area contributed by atoms with Gasteiger partial charge in [0.15, 0.2) is 0 Å². The monoisotopic (exact) mass is 391 g/mol. The Morgan fingerprint density at radius 1 is 0.724 bits per heavy atom. The lowest BCUT2D eigenvalue weighted by molar-refractivity contribution is -0.394. The lowest BCUT2D eigenvalue weighted by atomic mass is 10.1. The van der Waals surface area contributed by atoms with Crippen LogP contribution < -0.4 is 0 Å². The molecular weight excluding hydrogens is 374 g/mol. The second kappa shape index (κ2) is 8.75. The number of rotatable bonds is 7. The van der Waals surface area contributed by atoms with Crippen molar-refractivity contribution in [1.29, 1.82) is 0 Å². The van der Waals surface area contributed by atoms with Gasteiger partial charge < -0.3 is 4.90 Å². The smallest absolute Gasteiger partial charge is 0.277 e. The van der Waals surface area contributed by atoms with Gasteiger partial charge in [-0.2, -0.15) is 0 Å². The maximum Gasteiger partial charge on any atom is 0.277 e. The Labute approximate surface area is 166 Å². The molecule has 0 aliphatic heterocycles. The third-order valence-electron chi connectivity index (χ3n) is 4.29. The number of carbonyl (C=O) groups is 1. The van der Waals surface area contributed by atoms with Crippen LogP contribution in [0.15, 0.2) is 78.9 Å². The molecule has 0 heterocycles. The molecule has 0 spiro atoms. The minimum absolute atomic E-state index is 0.0993. The van der Waals surface area contributed by atoms with Crippen molar-refractivity contribution < 1.29 is 14.6 Å². The number of hydrogen-bond acceptors (Lipinski definition) is 5. The van der Waals surface area contributed by atoms with Gasteiger partial charge in [0.1, 0.15) is 0 Å². The Kier molecular flexibility index (Phi) is 5.94. The van der Waals surface area contributed by atoms with Gasteiger partial charge in [-0.3, -0.25) is 25.0 Å². The van der Waals surface area contributed by atoms with Gasteiger partial charge in [-0.15, -0.1) is 0 Å². The van der Waals surface area contributed by atoms with Gasteiger partial charge in [0.25, 0.3) is 17.3 Å². The van der Waals surface area contributed by atoms with Crippen LogP contribution in [0.2, 0.25) is 0 Å². The van der Waals surface area contributed by atoms with Gasteiger partial charge in [0.05, 0.1) is 21.5 Å². The molecule has 3 aromatic rings. The van der Waals surface area contributed by atoms with Crippen LogP contribution in [0, 0.1) is 20.2 Å². The Morgan fingerprint density at radius 2 is 1.14 bits per heavy atom. The molecule has 0 aliphatic rings. The number of nitro benzene ring substituents is 2. The highest BCUT2D eigenvalue weighted by Gasteiger charge is 2.23. The molecule has 3 aromatic carbocycles. The van der Waals surface area contributed by atoms with Crippen molar-refractivity contribution in [3.8, 4) is 0 Å². The highest BCUT2D eigenvalue weighted by Crippen LogP contribution is 2.24. The molecule has 0 aliphatic carbocycles. The van der Waals surface area contributed by atoms with Crippen molar-refractivity contribution in [3.63, 3.8) is 0 Å². The third kappa shape index (κ3) is 5.01. The van der Waals surface area contributed by atoms with E-state index < -0.39 is 27.1 Å². The molecule has 0 saturated carbocycles. The average Bonchev–Trinajstić information content (AvgIpc) is 2.74. The summed E-state index contributed by atoms with van der Waals surface area (Å²) in [6.07, 6.45) is 0. The summed E-state index contributed by atoms with van der Waals surface area (Å²) in [6.45, 7) is 0.510. The summed E-state index contributed by atoms with van der Waals surface area (Å²) < 4.78 is 0. The largest absolute Gasteiger partial charge is 0.330 e. The van der Waals surface area contributed by atoms with E-state index in [1.165, 1.54) is 4.90 Å². The van der Waals surface area contributed by atoms with Crippen molar-refractivity contribution in [2.45, 2.75) is 13.1 Å². The van der Waals surface area contributed by atoms with Crippen LogP contribution in [0.3, 0.4) is 0 Å². The second-order valence-electron chi connectivity index (χ2n) is 6.38. The number of amides is 1. The fourth-order valence-electron chi connectivity index (χ4n) is 2.92. The normalized spacial score (nSPS) is 10.3. The Balaban J connectivity index is 1.99. The summed E-state index contributed by atoms with van der Waals surface area (Å²) >= 11 is 0. The van der Waals surface area contributed by atoms with E-state index in [1.807, 2.05) is 60.7 Å². The fourth-order valence-corrected chi connectivity index (χ4v) is 2.92. The number of nitro groups is 2. The predicted octanol–water partition coefficient (Wildman–Crippen LogP) is 4.35. The SMILES string of the molecule is O=C(c1cc([N+](=O)[O-])cc([N+](=O)[O-])c1)N(Cc1ccccc1)Cc1ccccc1. The number of hydrogen-bond donors (Lipinski definition) is 0. The van der Waals surface area contributed by atoms with Gasteiger partial charge in [0.2, 0.25) is 0 Å². The molecule has 3 rings (SSSR count). The lowest BCUT2D eigenvalue weighted by Crippen LogP contribution is -2.30. The standard InChI is InChI=1S/C21H17N3O5/c25-21(18-11-19(23(26)27)13-20(12-18)24(28)29)22(14-16-7-3-1-4-8-16)15-17-9-5-2-6-10-17/h1-13H,14-15H2. The molecule has 0 bridgehead atoms. The number of benzene rings is 3. The maximum absolute atomic E-state index is 13.2. The predicted molar refractivity (Wildman–Crippen MR) is 106 cm³/mol. The van der Waals surface area contributed by atoms with E-state index in [0.29, 0.717) is 0 Å². The molecule has 0 atom stereocenters. The van der Waals surface area contributed by atoms with Crippen LogP contribution in [0.4, 0.5) is 11.4 Å². The van der Waals surface area contributed by atoms with E-state index in [4.69, 9.17) is 0 Å². The van der Waals surface area contributed by atoms with E-state index >= 15 is 0 Å². The van der Waals surface area contributed by atoms with Crippen LogP contribution in [0.5, 0.6) is 0 Å². The van der Waals surface area contributed by atoms with E-state index in [1.54, 1.807) is 0 Å². The van der Waals surface area contributed by atoms with Gasteiger partial charge in [-0.1, -0.05) is 60.7 Å². The zero-order chi connectivity index (χ0) is 20.8. The molecule has 0 saturated heterocycles. The first kappa shape index (κ1) is 19.7. The highest BCUT2D eigenvalue weighted by molar-refractivity contribution is 5.95. The quantitative estimate of drug-likeness (QED) is 0.440. The molecule has 0 fully saturated rings. The molecule has 1 amide bonds. The summed E-state index contributed by atoms with van der Waals surface area (Å²) in [5, 5.41) is 22.3. The van der Waals surface area contributed by atoms with E-state index in [0.717, 1.165) is 29.3 Å². The summed E-state index contributed by atoms with van der Waals surface area (Å²) in [4.78, 5) is 35.5. The summed E-state index contributed by atoms with van der Waals surface area (Å²) in [5.74, 6) is -0.524. The average molecular weight is 391 g/mol. The van der Waals surface area contributed by atoms with Gasteiger partial charge >= 0.3 is 0 Å². The zero-order valence-corrected chi connectivity index (χ0v) is 15.3. The molecule has 29 heavy (non-hydrogen) atoms. The minimum atomic E-state index is -0.748. The molecule has 0 N–H and O–H groups in total. The molecule has 8 heteroatoms. The van der Waals surface area contributed by atoms with Crippen molar-refractivity contribution in [3.05, 3.63) is 116 Å². The van der Waals surface area contributed by atoms with Crippen LogP contribution in [0.1, 0.15) is 21.5 Å². The molecule has 0 aromatic heterocycles. The Hall–Kier alpha value is -4.07. The number of carbonyl (C=O) groups excluding carboxylic acids is 1. The summed E-state index contributed by atoms with van der Waals surface area (Å²) in [5.41, 5.74) is 0.648. The van der Waals surface area contributed by atoms with Crippen LogP contribution in [-0.2, 0) is 13.1 Å². The molecule has 0 unspecified atom stereocenters. The molecule has 0 radical (unpaired) electrons. The van der Waals surface area contributed by atoms with E-state index in [2.05, 4.69) is 0 Å². The van der Waals surface area contributed by atoms with Crippen molar-refractivity contribution in [2.75, 3.05) is 0 Å². The number of non-ortho nitro benzene ring substituents is 2. The minimum Gasteiger partial charge on any atom is -0.330 e. The number of nitrogens with zero attached hydrogens (tertiary/aromatic N) is 3. The van der Waals surface area contributed by atoms with Crippen molar-refractivity contribution in [2.24, 2.45) is 0 Å².